The lowest BCUT2D eigenvalue weighted by atomic mass is 9.94. The zero-order valence-corrected chi connectivity index (χ0v) is 21.4. The van der Waals surface area contributed by atoms with E-state index >= 15 is 0 Å². The summed E-state index contributed by atoms with van der Waals surface area (Å²) in [4.78, 5) is 28.3. The van der Waals surface area contributed by atoms with Gasteiger partial charge in [0.05, 0.1) is 24.2 Å². The smallest absolute Gasteiger partial charge is 0.411 e. The highest BCUT2D eigenvalue weighted by Gasteiger charge is 2.30. The van der Waals surface area contributed by atoms with Gasteiger partial charge in [-0.15, -0.1) is 0 Å². The molecular formula is C21H34N10O6. The maximum atomic E-state index is 11.1. The first kappa shape index (κ1) is 29.3. The van der Waals surface area contributed by atoms with Gasteiger partial charge in [-0.25, -0.2) is 4.57 Å². The molecule has 0 radical (unpaired) electrons. The van der Waals surface area contributed by atoms with Crippen molar-refractivity contribution in [1.29, 1.82) is 0 Å². The Bertz CT molecular complexity index is 1120. The molecule has 0 aliphatic carbocycles. The Morgan fingerprint density at radius 3 is 2.22 bits per heavy atom. The molecule has 0 atom stereocenters. The molecule has 0 fully saturated rings. The number of rotatable bonds is 15. The Labute approximate surface area is 213 Å². The Morgan fingerprint density at radius 1 is 0.973 bits per heavy atom. The van der Waals surface area contributed by atoms with Gasteiger partial charge in [0.2, 0.25) is 5.84 Å². The lowest BCUT2D eigenvalue weighted by molar-refractivity contribution is -0.396. The van der Waals surface area contributed by atoms with Crippen molar-refractivity contribution in [3.63, 3.8) is 0 Å². The molecule has 4 N–H and O–H groups in total. The normalized spacial score (nSPS) is 13.2. The zero-order chi connectivity index (χ0) is 27.6. The number of hydrogen-bond acceptors (Lipinski definition) is 12. The summed E-state index contributed by atoms with van der Waals surface area (Å²) in [5, 5.41) is 54.3. The lowest BCUT2D eigenvalue weighted by Crippen LogP contribution is -2.49. The average Bonchev–Trinajstić information content (AvgIpc) is 3.49. The van der Waals surface area contributed by atoms with Gasteiger partial charge in [-0.1, -0.05) is 20.3 Å². The van der Waals surface area contributed by atoms with E-state index in [1.807, 2.05) is 0 Å². The molecule has 0 aliphatic heterocycles. The molecule has 0 amide bonds. The molecule has 0 spiro atoms. The van der Waals surface area contributed by atoms with Crippen molar-refractivity contribution in [2.75, 3.05) is 13.1 Å². The molecule has 0 aromatic carbocycles. The van der Waals surface area contributed by atoms with E-state index in [1.165, 1.54) is 23.2 Å². The van der Waals surface area contributed by atoms with E-state index in [0.717, 1.165) is 23.8 Å². The van der Waals surface area contributed by atoms with Gasteiger partial charge in [-0.2, -0.15) is 4.57 Å². The molecular weight excluding hydrogens is 488 g/mol. The molecule has 0 saturated carbocycles. The van der Waals surface area contributed by atoms with Crippen LogP contribution in [0.15, 0.2) is 35.1 Å². The van der Waals surface area contributed by atoms with Crippen molar-refractivity contribution in [3.05, 3.63) is 45.0 Å². The largest absolute Gasteiger partial charge is 0.440 e. The highest BCUT2D eigenvalue weighted by Crippen LogP contribution is 2.16. The van der Waals surface area contributed by atoms with Crippen LogP contribution in [0.1, 0.15) is 53.4 Å². The molecule has 0 saturated heterocycles. The molecule has 16 heteroatoms. The van der Waals surface area contributed by atoms with E-state index in [1.54, 1.807) is 20.0 Å². The van der Waals surface area contributed by atoms with Crippen LogP contribution in [-0.4, -0.2) is 75.1 Å². The molecule has 0 unspecified atom stereocenters. The van der Waals surface area contributed by atoms with Crippen LogP contribution in [0.4, 0.5) is 11.9 Å². The van der Waals surface area contributed by atoms with E-state index in [9.17, 15) is 30.6 Å². The van der Waals surface area contributed by atoms with Gasteiger partial charge in [0, 0.05) is 5.54 Å². The van der Waals surface area contributed by atoms with E-state index in [2.05, 4.69) is 44.8 Å². The predicted octanol–water partition coefficient (Wildman–Crippen LogP) is 2.36. The third-order valence-electron chi connectivity index (χ3n) is 5.93. The molecule has 2 aromatic heterocycles. The lowest BCUT2D eigenvalue weighted by Gasteiger charge is -2.29. The highest BCUT2D eigenvalue weighted by molar-refractivity contribution is 6.08. The van der Waals surface area contributed by atoms with Crippen LogP contribution >= 0.6 is 0 Å². The van der Waals surface area contributed by atoms with Gasteiger partial charge in [0.25, 0.3) is 0 Å². The number of hydrogen-bond donors (Lipinski definition) is 4. The first-order valence-corrected chi connectivity index (χ1v) is 11.7. The summed E-state index contributed by atoms with van der Waals surface area (Å²) in [5.74, 6) is -0.796. The Balaban J connectivity index is 1.80. The Morgan fingerprint density at radius 2 is 1.59 bits per heavy atom. The molecule has 2 heterocycles. The predicted molar refractivity (Wildman–Crippen MR) is 134 cm³/mol. The van der Waals surface area contributed by atoms with Gasteiger partial charge in [-0.05, 0) is 69.9 Å². The fourth-order valence-corrected chi connectivity index (χ4v) is 3.78. The summed E-state index contributed by atoms with van der Waals surface area (Å²) in [6, 6.07) is 0. The number of imidazole rings is 2. The van der Waals surface area contributed by atoms with E-state index < -0.39 is 21.3 Å². The monoisotopic (exact) mass is 522 g/mol. The quantitative estimate of drug-likeness (QED) is 0.0669. The van der Waals surface area contributed by atoms with Crippen molar-refractivity contribution in [1.82, 2.24) is 29.7 Å². The minimum atomic E-state index is -0.810. The van der Waals surface area contributed by atoms with Crippen molar-refractivity contribution < 1.29 is 20.3 Å². The summed E-state index contributed by atoms with van der Waals surface area (Å²) >= 11 is 0. The summed E-state index contributed by atoms with van der Waals surface area (Å²) < 4.78 is 2.54. The number of nitrogens with zero attached hydrogens (tertiary/aromatic N) is 8. The van der Waals surface area contributed by atoms with Crippen molar-refractivity contribution in [2.45, 2.75) is 71.0 Å². The van der Waals surface area contributed by atoms with Gasteiger partial charge in [-0.3, -0.25) is 0 Å². The minimum absolute atomic E-state index is 0.115. The maximum Gasteiger partial charge on any atom is 0.440 e. The first-order chi connectivity index (χ1) is 17.4. The van der Waals surface area contributed by atoms with Crippen LogP contribution in [0.5, 0.6) is 0 Å². The van der Waals surface area contributed by atoms with Crippen molar-refractivity contribution in [2.24, 2.45) is 10.3 Å². The van der Waals surface area contributed by atoms with E-state index in [4.69, 9.17) is 0 Å². The van der Waals surface area contributed by atoms with Crippen LogP contribution in [0.25, 0.3) is 0 Å². The standard InChI is InChI=1S/C21H34N10O6/c1-20(2,7-5-12-28-13-10-22-18(28)30(34)35)24-8-6-9-25-21(3,4)16(26-32)15-17(27-33)29-14-11-23-19(29)31(36)37/h10-11,13-14,24-25,32-33H,5-9,12,15H2,1-4H3. The Kier molecular flexibility index (Phi) is 10.2. The van der Waals surface area contributed by atoms with Crippen LogP contribution in [0.2, 0.25) is 0 Å². The molecule has 0 bridgehead atoms. The minimum Gasteiger partial charge on any atom is -0.411 e. The topological polar surface area (TPSA) is 211 Å². The zero-order valence-electron chi connectivity index (χ0n) is 21.4. The summed E-state index contributed by atoms with van der Waals surface area (Å²) in [7, 11) is 0. The number of nitro groups is 2. The first-order valence-electron chi connectivity index (χ1n) is 11.7. The van der Waals surface area contributed by atoms with Crippen LogP contribution in [0, 0.1) is 20.2 Å². The average molecular weight is 523 g/mol. The molecule has 204 valence electrons. The Hall–Kier alpha value is -3.92. The molecule has 0 aliphatic rings. The number of aromatic nitrogens is 4. The fraction of sp³-hybridized carbons (Fsp3) is 0.619. The van der Waals surface area contributed by atoms with Crippen LogP contribution in [0.3, 0.4) is 0 Å². The summed E-state index contributed by atoms with van der Waals surface area (Å²) in [6.45, 7) is 9.45. The fourth-order valence-electron chi connectivity index (χ4n) is 3.78. The van der Waals surface area contributed by atoms with Gasteiger partial charge in [0.15, 0.2) is 0 Å². The third kappa shape index (κ3) is 8.32. The number of aryl methyl sites for hydroxylation is 1. The molecule has 2 aromatic rings. The molecule has 16 nitrogen and oxygen atoms in total. The second-order valence-corrected chi connectivity index (χ2v) is 9.59. The maximum absolute atomic E-state index is 11.1. The summed E-state index contributed by atoms with van der Waals surface area (Å²) in [6.07, 6.45) is 7.63. The highest BCUT2D eigenvalue weighted by atomic mass is 16.6. The molecule has 2 rings (SSSR count). The van der Waals surface area contributed by atoms with Crippen molar-refractivity contribution in [3.8, 4) is 0 Å². The number of oxime groups is 2. The summed E-state index contributed by atoms with van der Waals surface area (Å²) in [5.41, 5.74) is -0.783. The molecule has 37 heavy (non-hydrogen) atoms. The van der Waals surface area contributed by atoms with Gasteiger partial charge >= 0.3 is 11.9 Å². The van der Waals surface area contributed by atoms with Gasteiger partial charge in [0.1, 0.15) is 24.8 Å². The van der Waals surface area contributed by atoms with E-state index in [0.29, 0.717) is 19.6 Å². The van der Waals surface area contributed by atoms with Gasteiger partial charge < -0.3 is 41.3 Å². The second-order valence-electron chi connectivity index (χ2n) is 9.59. The third-order valence-corrected chi connectivity index (χ3v) is 5.93. The van der Waals surface area contributed by atoms with Crippen LogP contribution < -0.4 is 10.6 Å². The SMILES string of the molecule is CC(C)(CCCn1ccnc1[N+](=O)[O-])NCCCNC(C)(C)C(CC(=NO)n1ccnc1[N+](=O)[O-])=NO. The second kappa shape index (κ2) is 12.9. The van der Waals surface area contributed by atoms with E-state index in [-0.39, 0.29) is 29.5 Å². The van der Waals surface area contributed by atoms with Crippen LogP contribution in [-0.2, 0) is 6.54 Å². The number of nitrogens with one attached hydrogen (secondary N) is 2. The van der Waals surface area contributed by atoms with Crippen molar-refractivity contribution >= 4 is 23.4 Å².